The van der Waals surface area contributed by atoms with Crippen LogP contribution in [0.4, 0.5) is 13.2 Å². The Morgan fingerprint density at radius 1 is 0.952 bits per heavy atom. The van der Waals surface area contributed by atoms with Crippen LogP contribution in [0.15, 0.2) is 61.2 Å². The van der Waals surface area contributed by atoms with E-state index in [4.69, 9.17) is 4.74 Å². The van der Waals surface area contributed by atoms with Crippen LogP contribution in [0, 0.1) is 0 Å². The molecule has 0 radical (unpaired) electrons. The highest BCUT2D eigenvalue weighted by Crippen LogP contribution is 2.31. The van der Waals surface area contributed by atoms with E-state index in [2.05, 4.69) is 6.58 Å². The summed E-state index contributed by atoms with van der Waals surface area (Å²) in [5.74, 6) is -0.229. The van der Waals surface area contributed by atoms with Gasteiger partial charge in [0.25, 0.3) is 0 Å². The summed E-state index contributed by atoms with van der Waals surface area (Å²) >= 11 is 0. The smallest absolute Gasteiger partial charge is 0.416 e. The van der Waals surface area contributed by atoms with E-state index in [0.29, 0.717) is 11.3 Å². The van der Waals surface area contributed by atoms with E-state index in [1.54, 1.807) is 24.3 Å². The van der Waals surface area contributed by atoms with Crippen molar-refractivity contribution in [3.05, 3.63) is 66.7 Å². The second-order valence-corrected chi connectivity index (χ2v) is 4.22. The van der Waals surface area contributed by atoms with E-state index >= 15 is 0 Å². The minimum Gasteiger partial charge on any atom is -0.423 e. The Morgan fingerprint density at radius 2 is 1.43 bits per heavy atom. The highest BCUT2D eigenvalue weighted by Gasteiger charge is 2.29. The number of halogens is 3. The highest BCUT2D eigenvalue weighted by molar-refractivity contribution is 5.83. The van der Waals surface area contributed by atoms with Crippen molar-refractivity contribution >= 4 is 5.97 Å². The van der Waals surface area contributed by atoms with Gasteiger partial charge in [0.2, 0.25) is 0 Å². The number of carbonyl (C=O) groups excluding carboxylic acids is 1. The monoisotopic (exact) mass is 292 g/mol. The molecule has 2 nitrogen and oxygen atoms in total. The number of ether oxygens (including phenoxy) is 1. The lowest BCUT2D eigenvalue weighted by molar-refractivity contribution is -0.137. The zero-order valence-corrected chi connectivity index (χ0v) is 10.9. The molecule has 0 aliphatic heterocycles. The maximum atomic E-state index is 12.5. The van der Waals surface area contributed by atoms with Gasteiger partial charge >= 0.3 is 12.1 Å². The van der Waals surface area contributed by atoms with E-state index in [-0.39, 0.29) is 0 Å². The molecule has 0 unspecified atom stereocenters. The van der Waals surface area contributed by atoms with Gasteiger partial charge in [-0.25, -0.2) is 4.79 Å². The molecule has 0 aliphatic rings. The van der Waals surface area contributed by atoms with Crippen LogP contribution in [-0.2, 0) is 11.0 Å². The number of rotatable bonds is 3. The number of carbonyl (C=O) groups is 1. The molecule has 0 spiro atoms. The highest BCUT2D eigenvalue weighted by atomic mass is 19.4. The Morgan fingerprint density at radius 3 is 1.86 bits per heavy atom. The minimum absolute atomic E-state index is 0.343. The Hall–Kier alpha value is -2.56. The lowest BCUT2D eigenvalue weighted by Gasteiger charge is -2.08. The molecule has 0 amide bonds. The number of alkyl halides is 3. The number of esters is 1. The van der Waals surface area contributed by atoms with Gasteiger partial charge in [-0.1, -0.05) is 30.8 Å². The molecule has 0 fully saturated rings. The molecule has 0 N–H and O–H groups in total. The van der Waals surface area contributed by atoms with Gasteiger partial charge in [0.1, 0.15) is 5.75 Å². The molecule has 0 aromatic heterocycles. The summed E-state index contributed by atoms with van der Waals surface area (Å²) in [5.41, 5.74) is 0.675. The Bertz CT molecular complexity index is 641. The minimum atomic E-state index is -4.35. The number of benzene rings is 2. The molecule has 0 heterocycles. The summed E-state index contributed by atoms with van der Waals surface area (Å²) < 4.78 is 42.3. The number of hydrogen-bond donors (Lipinski definition) is 0. The molecule has 5 heteroatoms. The second-order valence-electron chi connectivity index (χ2n) is 4.22. The molecule has 0 saturated carbocycles. The first-order valence-corrected chi connectivity index (χ1v) is 6.02. The summed E-state index contributed by atoms with van der Waals surface area (Å²) in [5, 5.41) is 0. The first kappa shape index (κ1) is 14.8. The Labute approximate surface area is 119 Å². The van der Waals surface area contributed by atoms with E-state index in [1.165, 1.54) is 12.1 Å². The predicted octanol–water partition coefficient (Wildman–Crippen LogP) is 4.46. The fourth-order valence-corrected chi connectivity index (χ4v) is 1.72. The summed E-state index contributed by atoms with van der Waals surface area (Å²) in [4.78, 5) is 11.0. The van der Waals surface area contributed by atoms with Gasteiger partial charge in [-0.3, -0.25) is 0 Å². The molecular weight excluding hydrogens is 281 g/mol. The van der Waals surface area contributed by atoms with Crippen LogP contribution < -0.4 is 4.74 Å². The van der Waals surface area contributed by atoms with E-state index in [9.17, 15) is 18.0 Å². The van der Waals surface area contributed by atoms with Gasteiger partial charge in [-0.05, 0) is 35.4 Å². The molecule has 2 aromatic rings. The average molecular weight is 292 g/mol. The maximum absolute atomic E-state index is 12.5. The molecular formula is C16H11F3O2. The fourth-order valence-electron chi connectivity index (χ4n) is 1.72. The van der Waals surface area contributed by atoms with Gasteiger partial charge in [0.05, 0.1) is 5.56 Å². The fraction of sp³-hybridized carbons (Fsp3) is 0.0625. The third-order valence-corrected chi connectivity index (χ3v) is 2.78. The third kappa shape index (κ3) is 3.72. The van der Waals surface area contributed by atoms with E-state index in [0.717, 1.165) is 23.8 Å². The zero-order valence-electron chi connectivity index (χ0n) is 10.9. The molecule has 2 aromatic carbocycles. The van der Waals surface area contributed by atoms with Crippen molar-refractivity contribution in [2.45, 2.75) is 6.18 Å². The third-order valence-electron chi connectivity index (χ3n) is 2.78. The van der Waals surface area contributed by atoms with E-state index in [1.807, 2.05) is 0 Å². The largest absolute Gasteiger partial charge is 0.423 e. The summed E-state index contributed by atoms with van der Waals surface area (Å²) in [7, 11) is 0. The summed E-state index contributed by atoms with van der Waals surface area (Å²) in [6.07, 6.45) is -3.30. The first-order chi connectivity index (χ1) is 9.90. The van der Waals surface area contributed by atoms with Gasteiger partial charge in [0, 0.05) is 6.08 Å². The molecule has 108 valence electrons. The van der Waals surface area contributed by atoms with Crippen molar-refractivity contribution in [3.63, 3.8) is 0 Å². The molecule has 2 rings (SSSR count). The average Bonchev–Trinajstić information content (AvgIpc) is 2.47. The molecule has 0 bridgehead atoms. The van der Waals surface area contributed by atoms with Crippen LogP contribution in [0.25, 0.3) is 11.1 Å². The molecule has 0 aliphatic carbocycles. The normalized spacial score (nSPS) is 11.0. The van der Waals surface area contributed by atoms with Crippen molar-refractivity contribution in [1.82, 2.24) is 0 Å². The van der Waals surface area contributed by atoms with Gasteiger partial charge in [-0.2, -0.15) is 13.2 Å². The summed E-state index contributed by atoms with van der Waals surface area (Å²) in [6, 6.07) is 11.3. The van der Waals surface area contributed by atoms with Crippen molar-refractivity contribution in [2.75, 3.05) is 0 Å². The van der Waals surface area contributed by atoms with Gasteiger partial charge < -0.3 is 4.74 Å². The van der Waals surface area contributed by atoms with Crippen LogP contribution in [0.5, 0.6) is 5.75 Å². The SMILES string of the molecule is C=CC(=O)Oc1ccc(-c2ccc(C(F)(F)F)cc2)cc1. The Kier molecular flexibility index (Phi) is 4.12. The van der Waals surface area contributed by atoms with E-state index < -0.39 is 17.7 Å². The van der Waals surface area contributed by atoms with Crippen molar-refractivity contribution in [2.24, 2.45) is 0 Å². The van der Waals surface area contributed by atoms with Crippen molar-refractivity contribution in [1.29, 1.82) is 0 Å². The van der Waals surface area contributed by atoms with Gasteiger partial charge in [0.15, 0.2) is 0 Å². The van der Waals surface area contributed by atoms with Crippen LogP contribution in [0.3, 0.4) is 0 Å². The predicted molar refractivity (Wildman–Crippen MR) is 72.7 cm³/mol. The van der Waals surface area contributed by atoms with Crippen LogP contribution in [0.1, 0.15) is 5.56 Å². The van der Waals surface area contributed by atoms with Crippen LogP contribution in [0.2, 0.25) is 0 Å². The van der Waals surface area contributed by atoms with Crippen LogP contribution in [-0.4, -0.2) is 5.97 Å². The Balaban J connectivity index is 2.19. The first-order valence-electron chi connectivity index (χ1n) is 6.02. The van der Waals surface area contributed by atoms with Crippen molar-refractivity contribution in [3.8, 4) is 16.9 Å². The zero-order chi connectivity index (χ0) is 15.5. The van der Waals surface area contributed by atoms with Crippen LogP contribution >= 0.6 is 0 Å². The quantitative estimate of drug-likeness (QED) is 0.474. The summed E-state index contributed by atoms with van der Waals surface area (Å²) in [6.45, 7) is 3.28. The molecule has 0 atom stereocenters. The lowest BCUT2D eigenvalue weighted by Crippen LogP contribution is -2.04. The number of hydrogen-bond acceptors (Lipinski definition) is 2. The lowest BCUT2D eigenvalue weighted by atomic mass is 10.0. The molecule has 0 saturated heterocycles. The maximum Gasteiger partial charge on any atom is 0.416 e. The molecule has 21 heavy (non-hydrogen) atoms. The standard InChI is InChI=1S/C16H11F3O2/c1-2-15(20)21-14-9-5-12(6-10-14)11-3-7-13(8-4-11)16(17,18)19/h2-10H,1H2. The second kappa shape index (κ2) is 5.83. The topological polar surface area (TPSA) is 26.3 Å². The van der Waals surface area contributed by atoms with Gasteiger partial charge in [-0.15, -0.1) is 0 Å². The van der Waals surface area contributed by atoms with Crippen molar-refractivity contribution < 1.29 is 22.7 Å².